The van der Waals surface area contributed by atoms with Gasteiger partial charge in [-0.25, -0.2) is 13.8 Å². The molecule has 0 saturated heterocycles. The maximum absolute atomic E-state index is 14.2. The fourth-order valence-electron chi connectivity index (χ4n) is 2.72. The van der Waals surface area contributed by atoms with E-state index in [9.17, 15) is 13.9 Å². The summed E-state index contributed by atoms with van der Waals surface area (Å²) in [5.74, 6) is -2.93. The van der Waals surface area contributed by atoms with Crippen molar-refractivity contribution in [3.8, 4) is 5.88 Å². The number of pyridine rings is 1. The number of aromatic nitrogens is 3. The Labute approximate surface area is 109 Å². The minimum absolute atomic E-state index is 0.101. The summed E-state index contributed by atoms with van der Waals surface area (Å²) in [6.45, 7) is 0. The first-order chi connectivity index (χ1) is 9.08. The summed E-state index contributed by atoms with van der Waals surface area (Å²) in [6, 6.07) is 2.07. The molecule has 1 atom stereocenters. The number of hydrogen-bond donors (Lipinski definition) is 1. The van der Waals surface area contributed by atoms with Crippen molar-refractivity contribution in [1.82, 2.24) is 14.5 Å². The van der Waals surface area contributed by atoms with E-state index in [1.54, 1.807) is 6.07 Å². The van der Waals surface area contributed by atoms with Crippen LogP contribution in [0.3, 0.4) is 0 Å². The van der Waals surface area contributed by atoms with E-state index < -0.39 is 12.0 Å². The normalized spacial score (nSPS) is 23.4. The summed E-state index contributed by atoms with van der Waals surface area (Å²) in [6.07, 6.45) is 3.87. The molecule has 19 heavy (non-hydrogen) atoms. The highest BCUT2D eigenvalue weighted by Crippen LogP contribution is 2.41. The molecular formula is C13H15F2N3O. The molecule has 0 aliphatic heterocycles. The molecular weight excluding hydrogens is 252 g/mol. The molecule has 1 fully saturated rings. The highest BCUT2D eigenvalue weighted by molar-refractivity contribution is 5.71. The second-order valence-corrected chi connectivity index (χ2v) is 5.04. The van der Waals surface area contributed by atoms with Crippen molar-refractivity contribution in [2.75, 3.05) is 0 Å². The fraction of sp³-hybridized carbons (Fsp3) is 0.538. The van der Waals surface area contributed by atoms with Crippen LogP contribution in [0.25, 0.3) is 11.2 Å². The Balaban J connectivity index is 2.09. The maximum Gasteiger partial charge on any atom is 0.268 e. The van der Waals surface area contributed by atoms with Gasteiger partial charge in [-0.2, -0.15) is 4.98 Å². The van der Waals surface area contributed by atoms with Crippen molar-refractivity contribution < 1.29 is 13.9 Å². The van der Waals surface area contributed by atoms with E-state index >= 15 is 0 Å². The molecule has 3 rings (SSSR count). The van der Waals surface area contributed by atoms with E-state index in [-0.39, 0.29) is 12.3 Å². The van der Waals surface area contributed by atoms with E-state index in [0.717, 1.165) is 12.8 Å². The number of fused-ring (bicyclic) bond motifs is 1. The number of alkyl halides is 2. The van der Waals surface area contributed by atoms with Crippen molar-refractivity contribution in [3.05, 3.63) is 18.5 Å². The van der Waals surface area contributed by atoms with E-state index in [4.69, 9.17) is 0 Å². The monoisotopic (exact) mass is 267 g/mol. The lowest BCUT2D eigenvalue weighted by atomic mass is 10.0. The molecule has 1 saturated carbocycles. The first-order valence-electron chi connectivity index (χ1n) is 6.48. The third-order valence-corrected chi connectivity index (χ3v) is 3.72. The van der Waals surface area contributed by atoms with Gasteiger partial charge in [-0.1, -0.05) is 12.8 Å². The molecule has 1 aliphatic carbocycles. The van der Waals surface area contributed by atoms with Crippen LogP contribution in [0, 0.1) is 0 Å². The molecule has 1 aliphatic rings. The molecule has 4 nitrogen and oxygen atoms in total. The molecule has 0 radical (unpaired) electrons. The average Bonchev–Trinajstić information content (AvgIpc) is 2.67. The quantitative estimate of drug-likeness (QED) is 0.807. The molecule has 0 bridgehead atoms. The molecule has 0 aromatic carbocycles. The molecule has 0 spiro atoms. The van der Waals surface area contributed by atoms with Crippen LogP contribution in [0.15, 0.2) is 18.5 Å². The summed E-state index contributed by atoms with van der Waals surface area (Å²) >= 11 is 0. The molecule has 2 aromatic heterocycles. The number of aromatic hydroxyl groups is 1. The van der Waals surface area contributed by atoms with Crippen molar-refractivity contribution in [3.63, 3.8) is 0 Å². The first kappa shape index (κ1) is 12.3. The second-order valence-electron chi connectivity index (χ2n) is 5.04. The van der Waals surface area contributed by atoms with E-state index in [0.29, 0.717) is 24.0 Å². The Bertz CT molecular complexity index is 597. The van der Waals surface area contributed by atoms with Crippen LogP contribution in [0.4, 0.5) is 8.78 Å². The zero-order valence-electron chi connectivity index (χ0n) is 10.4. The largest absolute Gasteiger partial charge is 0.493 e. The Morgan fingerprint density at radius 1 is 1.26 bits per heavy atom. The van der Waals surface area contributed by atoms with Gasteiger partial charge in [0, 0.05) is 12.5 Å². The van der Waals surface area contributed by atoms with Gasteiger partial charge < -0.3 is 9.67 Å². The Morgan fingerprint density at radius 3 is 2.95 bits per heavy atom. The molecule has 0 amide bonds. The summed E-state index contributed by atoms with van der Waals surface area (Å²) in [7, 11) is 0. The second kappa shape index (κ2) is 4.43. The average molecular weight is 267 g/mol. The third-order valence-electron chi connectivity index (χ3n) is 3.72. The SMILES string of the molecule is Oc1ccc2ncn(C3CCCCCC3(F)F)c2n1. The van der Waals surface area contributed by atoms with Crippen LogP contribution in [0.5, 0.6) is 5.88 Å². The highest BCUT2D eigenvalue weighted by atomic mass is 19.3. The summed E-state index contributed by atoms with van der Waals surface area (Å²) < 4.78 is 29.8. The van der Waals surface area contributed by atoms with Crippen LogP contribution in [0.2, 0.25) is 0 Å². The first-order valence-corrected chi connectivity index (χ1v) is 6.48. The summed E-state index contributed by atoms with van der Waals surface area (Å²) in [4.78, 5) is 8.02. The van der Waals surface area contributed by atoms with Crippen molar-refractivity contribution in [2.24, 2.45) is 0 Å². The topological polar surface area (TPSA) is 50.9 Å². The summed E-state index contributed by atoms with van der Waals surface area (Å²) in [5.41, 5.74) is 0.851. The van der Waals surface area contributed by atoms with Gasteiger partial charge in [-0.05, 0) is 18.9 Å². The molecule has 2 heterocycles. The smallest absolute Gasteiger partial charge is 0.268 e. The number of halogens is 2. The predicted molar refractivity (Wildman–Crippen MR) is 66.3 cm³/mol. The van der Waals surface area contributed by atoms with E-state index in [1.807, 2.05) is 0 Å². The van der Waals surface area contributed by atoms with E-state index in [1.165, 1.54) is 17.0 Å². The molecule has 1 N–H and O–H groups in total. The van der Waals surface area contributed by atoms with E-state index in [2.05, 4.69) is 9.97 Å². The van der Waals surface area contributed by atoms with Gasteiger partial charge >= 0.3 is 0 Å². The van der Waals surface area contributed by atoms with Gasteiger partial charge in [0.15, 0.2) is 5.65 Å². The van der Waals surface area contributed by atoms with Gasteiger partial charge in [0.05, 0.1) is 6.33 Å². The molecule has 6 heteroatoms. The van der Waals surface area contributed by atoms with Crippen LogP contribution in [-0.4, -0.2) is 25.6 Å². The molecule has 1 unspecified atom stereocenters. The van der Waals surface area contributed by atoms with Crippen LogP contribution in [-0.2, 0) is 0 Å². The Morgan fingerprint density at radius 2 is 2.11 bits per heavy atom. The molecule has 2 aromatic rings. The Kier molecular flexibility index (Phi) is 2.88. The van der Waals surface area contributed by atoms with Gasteiger partial charge in [0.1, 0.15) is 11.6 Å². The minimum Gasteiger partial charge on any atom is -0.493 e. The van der Waals surface area contributed by atoms with Gasteiger partial charge in [-0.3, -0.25) is 0 Å². The fourth-order valence-corrected chi connectivity index (χ4v) is 2.72. The summed E-state index contributed by atoms with van der Waals surface area (Å²) in [5, 5.41) is 9.42. The van der Waals surface area contributed by atoms with Crippen LogP contribution < -0.4 is 0 Å². The zero-order valence-corrected chi connectivity index (χ0v) is 10.4. The van der Waals surface area contributed by atoms with Crippen LogP contribution >= 0.6 is 0 Å². The van der Waals surface area contributed by atoms with Gasteiger partial charge in [-0.15, -0.1) is 0 Å². The van der Waals surface area contributed by atoms with Gasteiger partial charge in [0.2, 0.25) is 5.88 Å². The predicted octanol–water partition coefficient (Wildman–Crippen LogP) is 3.28. The van der Waals surface area contributed by atoms with Crippen molar-refractivity contribution in [1.29, 1.82) is 0 Å². The standard InChI is InChI=1S/C13H15F2N3O/c14-13(15)7-3-1-2-4-10(13)18-8-16-9-5-6-11(19)17-12(9)18/h5-6,8,10H,1-4,7H2,(H,17,19). The van der Waals surface area contributed by atoms with Crippen LogP contribution in [0.1, 0.15) is 38.1 Å². The number of imidazole rings is 1. The number of hydrogen-bond acceptors (Lipinski definition) is 3. The zero-order chi connectivity index (χ0) is 13.5. The lowest BCUT2D eigenvalue weighted by Gasteiger charge is -2.26. The van der Waals surface area contributed by atoms with Gasteiger partial charge in [0.25, 0.3) is 5.92 Å². The third kappa shape index (κ3) is 2.15. The molecule has 102 valence electrons. The lowest BCUT2D eigenvalue weighted by Crippen LogP contribution is -2.29. The maximum atomic E-state index is 14.2. The Hall–Kier alpha value is -1.72. The van der Waals surface area contributed by atoms with Crippen molar-refractivity contribution >= 4 is 11.2 Å². The number of rotatable bonds is 1. The van der Waals surface area contributed by atoms with Crippen molar-refractivity contribution in [2.45, 2.75) is 44.1 Å². The minimum atomic E-state index is -2.75. The highest BCUT2D eigenvalue weighted by Gasteiger charge is 2.41. The lowest BCUT2D eigenvalue weighted by molar-refractivity contribution is -0.0557. The number of nitrogens with zero attached hydrogens (tertiary/aromatic N) is 3.